The SMILES string of the molecule is COC1(C)CC(NC(=NCC(=O)N(C)C)NC2CC2)C1(C)C.I. The first-order valence-corrected chi connectivity index (χ1v) is 8.02. The maximum Gasteiger partial charge on any atom is 0.243 e. The summed E-state index contributed by atoms with van der Waals surface area (Å²) in [6.07, 6.45) is 3.28. The van der Waals surface area contributed by atoms with Crippen molar-refractivity contribution >= 4 is 35.8 Å². The Morgan fingerprint density at radius 3 is 2.30 bits per heavy atom. The predicted molar refractivity (Wildman–Crippen MR) is 103 cm³/mol. The van der Waals surface area contributed by atoms with Crippen molar-refractivity contribution in [3.63, 3.8) is 0 Å². The van der Waals surface area contributed by atoms with Crippen LogP contribution in [0.4, 0.5) is 0 Å². The van der Waals surface area contributed by atoms with Gasteiger partial charge in [0, 0.05) is 38.7 Å². The van der Waals surface area contributed by atoms with E-state index in [1.54, 1.807) is 26.1 Å². The second-order valence-corrected chi connectivity index (χ2v) is 7.43. The average Bonchev–Trinajstić information content (AvgIpc) is 3.27. The van der Waals surface area contributed by atoms with Crippen LogP contribution >= 0.6 is 24.0 Å². The van der Waals surface area contributed by atoms with Gasteiger partial charge >= 0.3 is 0 Å². The van der Waals surface area contributed by atoms with E-state index >= 15 is 0 Å². The van der Waals surface area contributed by atoms with E-state index in [0.29, 0.717) is 6.04 Å². The summed E-state index contributed by atoms with van der Waals surface area (Å²) in [5.74, 6) is 0.750. The van der Waals surface area contributed by atoms with Gasteiger partial charge in [0.15, 0.2) is 5.96 Å². The van der Waals surface area contributed by atoms with Gasteiger partial charge in [-0.3, -0.25) is 4.79 Å². The van der Waals surface area contributed by atoms with Gasteiger partial charge in [-0.25, -0.2) is 4.99 Å². The second-order valence-electron chi connectivity index (χ2n) is 7.43. The number of nitrogens with one attached hydrogen (secondary N) is 2. The fourth-order valence-electron chi connectivity index (χ4n) is 2.73. The largest absolute Gasteiger partial charge is 0.378 e. The van der Waals surface area contributed by atoms with Crippen LogP contribution in [0.5, 0.6) is 0 Å². The molecule has 2 N–H and O–H groups in total. The van der Waals surface area contributed by atoms with Crippen LogP contribution in [-0.4, -0.2) is 62.2 Å². The summed E-state index contributed by atoms with van der Waals surface area (Å²) in [4.78, 5) is 17.7. The Hall–Kier alpha value is -0.570. The molecule has 2 saturated carbocycles. The molecule has 0 heterocycles. The molecule has 0 aromatic rings. The lowest BCUT2D eigenvalue weighted by molar-refractivity contribution is -0.176. The Morgan fingerprint density at radius 1 is 1.26 bits per heavy atom. The van der Waals surface area contributed by atoms with E-state index in [4.69, 9.17) is 4.74 Å². The number of methoxy groups -OCH3 is 1. The van der Waals surface area contributed by atoms with Gasteiger partial charge in [0.2, 0.25) is 5.91 Å². The number of carbonyl (C=O) groups excluding carboxylic acids is 1. The fourth-order valence-corrected chi connectivity index (χ4v) is 2.73. The highest BCUT2D eigenvalue weighted by Crippen LogP contribution is 2.51. The molecule has 0 bridgehead atoms. The van der Waals surface area contributed by atoms with Crippen molar-refractivity contribution in [3.8, 4) is 0 Å². The Kier molecular flexibility index (Phi) is 6.72. The van der Waals surface area contributed by atoms with Crippen molar-refractivity contribution < 1.29 is 9.53 Å². The number of halogens is 1. The molecular weight excluding hydrogens is 407 g/mol. The third kappa shape index (κ3) is 4.49. The van der Waals surface area contributed by atoms with E-state index in [0.717, 1.165) is 12.4 Å². The lowest BCUT2D eigenvalue weighted by atomic mass is 9.56. The molecule has 2 rings (SSSR count). The minimum atomic E-state index is -0.116. The lowest BCUT2D eigenvalue weighted by Crippen LogP contribution is -2.69. The molecule has 0 saturated heterocycles. The first-order valence-electron chi connectivity index (χ1n) is 8.02. The van der Waals surface area contributed by atoms with Crippen molar-refractivity contribution in [2.24, 2.45) is 10.4 Å². The molecule has 0 aromatic heterocycles. The zero-order chi connectivity index (χ0) is 16.5. The molecule has 134 valence electrons. The third-order valence-electron chi connectivity index (χ3n) is 5.38. The summed E-state index contributed by atoms with van der Waals surface area (Å²) in [5, 5.41) is 6.88. The molecule has 6 nitrogen and oxygen atoms in total. The number of ether oxygens (including phenoxy) is 1. The Bertz CT molecular complexity index is 463. The summed E-state index contributed by atoms with van der Waals surface area (Å²) in [5.41, 5.74) is -0.103. The first kappa shape index (κ1) is 20.5. The van der Waals surface area contributed by atoms with Crippen molar-refractivity contribution in [3.05, 3.63) is 0 Å². The minimum Gasteiger partial charge on any atom is -0.378 e. The number of amides is 1. The number of nitrogens with zero attached hydrogens (tertiary/aromatic N) is 2. The van der Waals surface area contributed by atoms with Crippen molar-refractivity contribution in [2.75, 3.05) is 27.7 Å². The quantitative estimate of drug-likeness (QED) is 0.389. The van der Waals surface area contributed by atoms with Crippen LogP contribution in [0.1, 0.15) is 40.0 Å². The van der Waals surface area contributed by atoms with Crippen LogP contribution < -0.4 is 10.6 Å². The van der Waals surface area contributed by atoms with Crippen LogP contribution in [-0.2, 0) is 9.53 Å². The van der Waals surface area contributed by atoms with E-state index in [1.807, 2.05) is 0 Å². The van der Waals surface area contributed by atoms with Gasteiger partial charge < -0.3 is 20.3 Å². The van der Waals surface area contributed by atoms with Crippen LogP contribution in [0, 0.1) is 5.41 Å². The van der Waals surface area contributed by atoms with Gasteiger partial charge in [0.05, 0.1) is 5.60 Å². The zero-order valence-corrected chi connectivity index (χ0v) is 17.4. The topological polar surface area (TPSA) is 66.0 Å². The monoisotopic (exact) mass is 438 g/mol. The van der Waals surface area contributed by atoms with Gasteiger partial charge in [-0.15, -0.1) is 24.0 Å². The molecule has 2 aliphatic rings. The molecule has 0 aliphatic heterocycles. The normalized spacial score (nSPS) is 29.1. The maximum absolute atomic E-state index is 11.7. The summed E-state index contributed by atoms with van der Waals surface area (Å²) >= 11 is 0. The Morgan fingerprint density at radius 2 is 1.87 bits per heavy atom. The van der Waals surface area contributed by atoms with Crippen LogP contribution in [0.15, 0.2) is 4.99 Å². The smallest absolute Gasteiger partial charge is 0.243 e. The molecule has 2 aliphatic carbocycles. The number of likely N-dealkylation sites (N-methyl/N-ethyl adjacent to an activating group) is 1. The molecular formula is C16H31IN4O2. The highest BCUT2D eigenvalue weighted by Gasteiger charge is 2.58. The number of hydrogen-bond donors (Lipinski definition) is 2. The van der Waals surface area contributed by atoms with Crippen LogP contribution in [0.25, 0.3) is 0 Å². The van der Waals surface area contributed by atoms with E-state index in [9.17, 15) is 4.79 Å². The van der Waals surface area contributed by atoms with Gasteiger partial charge in [0.1, 0.15) is 6.54 Å². The summed E-state index contributed by atoms with van der Waals surface area (Å²) in [6, 6.07) is 0.787. The second kappa shape index (κ2) is 7.55. The van der Waals surface area contributed by atoms with Crippen LogP contribution in [0.3, 0.4) is 0 Å². The molecule has 0 spiro atoms. The Balaban J connectivity index is 0.00000264. The number of guanidine groups is 1. The van der Waals surface area contributed by atoms with Crippen molar-refractivity contribution in [1.82, 2.24) is 15.5 Å². The minimum absolute atomic E-state index is 0. The van der Waals surface area contributed by atoms with Crippen LogP contribution in [0.2, 0.25) is 0 Å². The molecule has 0 aromatic carbocycles. The number of hydrogen-bond acceptors (Lipinski definition) is 3. The van der Waals surface area contributed by atoms with Gasteiger partial charge in [0.25, 0.3) is 0 Å². The van der Waals surface area contributed by atoms with Crippen molar-refractivity contribution in [1.29, 1.82) is 0 Å². The number of rotatable bonds is 5. The van der Waals surface area contributed by atoms with Gasteiger partial charge in [-0.2, -0.15) is 0 Å². The molecule has 1 amide bonds. The molecule has 2 fully saturated rings. The highest BCUT2D eigenvalue weighted by molar-refractivity contribution is 14.0. The van der Waals surface area contributed by atoms with Gasteiger partial charge in [-0.1, -0.05) is 13.8 Å². The van der Waals surface area contributed by atoms with E-state index in [-0.39, 0.29) is 53.5 Å². The molecule has 0 radical (unpaired) electrons. The third-order valence-corrected chi connectivity index (χ3v) is 5.38. The number of aliphatic imine (C=N–C) groups is 1. The van der Waals surface area contributed by atoms with E-state index in [2.05, 4.69) is 36.4 Å². The molecule has 2 unspecified atom stereocenters. The Labute approximate surface area is 156 Å². The maximum atomic E-state index is 11.7. The molecule has 2 atom stereocenters. The average molecular weight is 438 g/mol. The van der Waals surface area contributed by atoms with E-state index in [1.165, 1.54) is 12.8 Å². The molecule has 7 heteroatoms. The predicted octanol–water partition coefficient (Wildman–Crippen LogP) is 1.59. The molecule has 23 heavy (non-hydrogen) atoms. The summed E-state index contributed by atoms with van der Waals surface area (Å²) in [6.45, 7) is 6.73. The lowest BCUT2D eigenvalue weighted by Gasteiger charge is -2.59. The summed E-state index contributed by atoms with van der Waals surface area (Å²) in [7, 11) is 5.27. The summed E-state index contributed by atoms with van der Waals surface area (Å²) < 4.78 is 5.66. The van der Waals surface area contributed by atoms with E-state index < -0.39 is 0 Å². The standard InChI is InChI=1S/C16H30N4O2.HI/c1-15(2)12(9-16(15,3)22-6)19-14(18-11-7-8-11)17-10-13(21)20(4)5;/h11-12H,7-10H2,1-6H3,(H2,17,18,19);1H. The van der Waals surface area contributed by atoms with Crippen molar-refractivity contribution in [2.45, 2.75) is 57.7 Å². The fraction of sp³-hybridized carbons (Fsp3) is 0.875. The zero-order valence-electron chi connectivity index (χ0n) is 15.1. The first-order chi connectivity index (χ1) is 10.2. The number of carbonyl (C=O) groups is 1. The highest BCUT2D eigenvalue weighted by atomic mass is 127. The van der Waals surface area contributed by atoms with Gasteiger partial charge in [-0.05, 0) is 26.2 Å².